The molecule has 1 aliphatic rings. The van der Waals surface area contributed by atoms with Crippen molar-refractivity contribution in [2.24, 2.45) is 11.7 Å². The zero-order valence-corrected chi connectivity index (χ0v) is 9.22. The molecule has 2 rings (SSSR count). The first-order chi connectivity index (χ1) is 7.50. The molecule has 2 atom stereocenters. The third kappa shape index (κ3) is 2.19. The van der Waals surface area contributed by atoms with Crippen LogP contribution in [0.1, 0.15) is 24.4 Å². The van der Waals surface area contributed by atoms with E-state index in [2.05, 4.69) is 0 Å². The summed E-state index contributed by atoms with van der Waals surface area (Å²) in [5, 5.41) is 9.72. The number of aliphatic hydroxyl groups excluding tert-OH is 1. The Morgan fingerprint density at radius 3 is 2.25 bits per heavy atom. The highest BCUT2D eigenvalue weighted by Crippen LogP contribution is 2.38. The van der Waals surface area contributed by atoms with E-state index in [0.29, 0.717) is 0 Å². The van der Waals surface area contributed by atoms with Crippen molar-refractivity contribution in [3.8, 4) is 0 Å². The lowest BCUT2D eigenvalue weighted by molar-refractivity contribution is 0.119. The van der Waals surface area contributed by atoms with Crippen LogP contribution in [0.25, 0.3) is 0 Å². The number of hydrogen-bond acceptors (Lipinski definition) is 2. The van der Waals surface area contributed by atoms with Crippen LogP contribution in [0.3, 0.4) is 0 Å². The fourth-order valence-electron chi connectivity index (χ4n) is 1.77. The van der Waals surface area contributed by atoms with Gasteiger partial charge in [0, 0.05) is 10.6 Å². The molecule has 0 spiro atoms. The Hall–Kier alpha value is -0.710. The Labute approximate surface area is 97.0 Å². The maximum absolute atomic E-state index is 13.5. The van der Waals surface area contributed by atoms with Gasteiger partial charge in [-0.05, 0) is 30.9 Å². The van der Waals surface area contributed by atoms with E-state index in [0.717, 1.165) is 25.0 Å². The molecule has 1 aromatic rings. The summed E-state index contributed by atoms with van der Waals surface area (Å²) in [4.78, 5) is 0. The van der Waals surface area contributed by atoms with E-state index in [1.165, 1.54) is 0 Å². The maximum atomic E-state index is 13.5. The van der Waals surface area contributed by atoms with Gasteiger partial charge in [-0.3, -0.25) is 0 Å². The molecule has 0 aromatic heterocycles. The van der Waals surface area contributed by atoms with Crippen molar-refractivity contribution >= 4 is 11.6 Å². The molecule has 0 saturated heterocycles. The molecule has 0 aliphatic heterocycles. The summed E-state index contributed by atoms with van der Waals surface area (Å²) in [5.41, 5.74) is 5.37. The fraction of sp³-hybridized carbons (Fsp3) is 0.455. The molecule has 0 heterocycles. The molecule has 0 unspecified atom stereocenters. The second kappa shape index (κ2) is 4.28. The first-order valence-electron chi connectivity index (χ1n) is 5.09. The smallest absolute Gasteiger partial charge is 0.132 e. The quantitative estimate of drug-likeness (QED) is 0.862. The minimum atomic E-state index is -1.04. The van der Waals surface area contributed by atoms with Gasteiger partial charge in [-0.25, -0.2) is 8.78 Å². The van der Waals surface area contributed by atoms with E-state index in [4.69, 9.17) is 17.3 Å². The van der Waals surface area contributed by atoms with Gasteiger partial charge < -0.3 is 10.8 Å². The molecule has 0 bridgehead atoms. The van der Waals surface area contributed by atoms with Gasteiger partial charge in [-0.15, -0.1) is 0 Å². The average Bonchev–Trinajstić information content (AvgIpc) is 2.97. The standard InChI is InChI=1S/C11H12ClF2NO/c12-6-3-7(13)9(8(14)4-6)10(15)11(16)5-1-2-5/h3-5,10-11,16H,1-2,15H2/t10-,11+/m0/s1. The van der Waals surface area contributed by atoms with Crippen molar-refractivity contribution in [2.75, 3.05) is 0 Å². The minimum absolute atomic E-state index is 0.0214. The molecule has 1 saturated carbocycles. The van der Waals surface area contributed by atoms with Gasteiger partial charge in [-0.1, -0.05) is 11.6 Å². The lowest BCUT2D eigenvalue weighted by Gasteiger charge is -2.20. The number of hydrogen-bond donors (Lipinski definition) is 2. The molecular weight excluding hydrogens is 236 g/mol. The number of halogens is 3. The van der Waals surface area contributed by atoms with Gasteiger partial charge >= 0.3 is 0 Å². The molecule has 0 amide bonds. The second-order valence-electron chi connectivity index (χ2n) is 4.14. The SMILES string of the molecule is N[C@@H](c1c(F)cc(Cl)cc1F)[C@H](O)C1CC1. The van der Waals surface area contributed by atoms with Crippen molar-refractivity contribution in [1.29, 1.82) is 0 Å². The Bertz CT molecular complexity index is 386. The van der Waals surface area contributed by atoms with Crippen LogP contribution in [0.15, 0.2) is 12.1 Å². The Morgan fingerprint density at radius 1 is 1.31 bits per heavy atom. The largest absolute Gasteiger partial charge is 0.391 e. The van der Waals surface area contributed by atoms with Crippen LogP contribution in [-0.4, -0.2) is 11.2 Å². The van der Waals surface area contributed by atoms with E-state index in [1.54, 1.807) is 0 Å². The molecule has 2 nitrogen and oxygen atoms in total. The third-order valence-electron chi connectivity index (χ3n) is 2.85. The van der Waals surface area contributed by atoms with Crippen molar-refractivity contribution < 1.29 is 13.9 Å². The number of rotatable bonds is 3. The fourth-order valence-corrected chi connectivity index (χ4v) is 1.97. The lowest BCUT2D eigenvalue weighted by Crippen LogP contribution is -2.29. The zero-order valence-electron chi connectivity index (χ0n) is 8.46. The van der Waals surface area contributed by atoms with Gasteiger partial charge in [0.25, 0.3) is 0 Å². The van der Waals surface area contributed by atoms with Crippen molar-refractivity contribution in [1.82, 2.24) is 0 Å². The third-order valence-corrected chi connectivity index (χ3v) is 3.07. The summed E-state index contributed by atoms with van der Waals surface area (Å²) in [7, 11) is 0. The number of aliphatic hydroxyl groups is 1. The summed E-state index contributed by atoms with van der Waals surface area (Å²) < 4.78 is 27.0. The number of nitrogens with two attached hydrogens (primary N) is 1. The van der Waals surface area contributed by atoms with Gasteiger partial charge in [0.05, 0.1) is 12.1 Å². The molecule has 0 radical (unpaired) electrons. The van der Waals surface area contributed by atoms with Crippen molar-refractivity contribution in [2.45, 2.75) is 25.0 Å². The Morgan fingerprint density at radius 2 is 1.81 bits per heavy atom. The van der Waals surface area contributed by atoms with Crippen LogP contribution >= 0.6 is 11.6 Å². The van der Waals surface area contributed by atoms with E-state index < -0.39 is 23.8 Å². The maximum Gasteiger partial charge on any atom is 0.132 e. The normalized spacial score (nSPS) is 19.6. The van der Waals surface area contributed by atoms with E-state index >= 15 is 0 Å². The molecule has 1 fully saturated rings. The predicted octanol–water partition coefficient (Wildman–Crippen LogP) is 2.39. The van der Waals surface area contributed by atoms with E-state index in [-0.39, 0.29) is 16.5 Å². The molecule has 5 heteroatoms. The van der Waals surface area contributed by atoms with E-state index in [9.17, 15) is 13.9 Å². The Balaban J connectivity index is 2.31. The molecule has 1 aliphatic carbocycles. The predicted molar refractivity (Wildman–Crippen MR) is 57.0 cm³/mol. The Kier molecular flexibility index (Phi) is 3.15. The van der Waals surface area contributed by atoms with Gasteiger partial charge in [0.2, 0.25) is 0 Å². The first kappa shape index (κ1) is 11.8. The average molecular weight is 248 g/mol. The highest BCUT2D eigenvalue weighted by atomic mass is 35.5. The molecular formula is C11H12ClF2NO. The van der Waals surface area contributed by atoms with Crippen LogP contribution in [0.5, 0.6) is 0 Å². The monoisotopic (exact) mass is 247 g/mol. The van der Waals surface area contributed by atoms with Crippen LogP contribution in [0.4, 0.5) is 8.78 Å². The molecule has 1 aromatic carbocycles. The summed E-state index contributed by atoms with van der Waals surface area (Å²) >= 11 is 5.50. The van der Waals surface area contributed by atoms with Gasteiger partial charge in [0.1, 0.15) is 11.6 Å². The van der Waals surface area contributed by atoms with Crippen LogP contribution in [0.2, 0.25) is 5.02 Å². The first-order valence-corrected chi connectivity index (χ1v) is 5.46. The van der Waals surface area contributed by atoms with Crippen LogP contribution < -0.4 is 5.73 Å². The van der Waals surface area contributed by atoms with Crippen molar-refractivity contribution in [3.05, 3.63) is 34.4 Å². The highest BCUT2D eigenvalue weighted by molar-refractivity contribution is 6.30. The molecule has 16 heavy (non-hydrogen) atoms. The van der Waals surface area contributed by atoms with Crippen molar-refractivity contribution in [3.63, 3.8) is 0 Å². The highest BCUT2D eigenvalue weighted by Gasteiger charge is 2.36. The summed E-state index contributed by atoms with van der Waals surface area (Å²) in [5.74, 6) is -1.56. The summed E-state index contributed by atoms with van der Waals surface area (Å²) in [6.07, 6.45) is 0.808. The zero-order chi connectivity index (χ0) is 11.9. The molecule has 88 valence electrons. The summed E-state index contributed by atoms with van der Waals surface area (Å²) in [6.45, 7) is 0. The van der Waals surface area contributed by atoms with Gasteiger partial charge in [0.15, 0.2) is 0 Å². The molecule has 3 N–H and O–H groups in total. The van der Waals surface area contributed by atoms with Crippen LogP contribution in [-0.2, 0) is 0 Å². The van der Waals surface area contributed by atoms with E-state index in [1.807, 2.05) is 0 Å². The second-order valence-corrected chi connectivity index (χ2v) is 4.57. The lowest BCUT2D eigenvalue weighted by atomic mass is 9.98. The minimum Gasteiger partial charge on any atom is -0.391 e. The topological polar surface area (TPSA) is 46.2 Å². The van der Waals surface area contributed by atoms with Crippen LogP contribution in [0, 0.1) is 17.6 Å². The summed E-state index contributed by atoms with van der Waals surface area (Å²) in [6, 6.07) is 0.962. The number of benzene rings is 1. The van der Waals surface area contributed by atoms with Gasteiger partial charge in [-0.2, -0.15) is 0 Å².